The van der Waals surface area contributed by atoms with Crippen molar-refractivity contribution in [1.29, 1.82) is 0 Å². The highest BCUT2D eigenvalue weighted by Gasteiger charge is 2.65. The number of alkyl halides is 3. The first kappa shape index (κ1) is 20.6. The summed E-state index contributed by atoms with van der Waals surface area (Å²) in [6.45, 7) is 0.176. The van der Waals surface area contributed by atoms with Gasteiger partial charge in [0.25, 0.3) is 5.91 Å². The molecule has 2 fully saturated rings. The third kappa shape index (κ3) is 3.33. The van der Waals surface area contributed by atoms with Gasteiger partial charge in [0, 0.05) is 18.1 Å². The van der Waals surface area contributed by atoms with Gasteiger partial charge in [-0.2, -0.15) is 0 Å². The molecule has 0 N–H and O–H groups in total. The molecule has 1 spiro atoms. The second-order valence-corrected chi connectivity index (χ2v) is 8.10. The van der Waals surface area contributed by atoms with E-state index >= 15 is 0 Å². The highest BCUT2D eigenvalue weighted by molar-refractivity contribution is 6.35. The fourth-order valence-corrected chi connectivity index (χ4v) is 4.29. The lowest BCUT2D eigenvalue weighted by atomic mass is 10.1. The lowest BCUT2D eigenvalue weighted by molar-refractivity contribution is -0.274. The third-order valence-electron chi connectivity index (χ3n) is 5.73. The maximum atomic E-state index is 13.3. The molecular weight excluding hydrogens is 447 g/mol. The number of para-hydroxylation sites is 1. The Morgan fingerprint density at radius 1 is 1.06 bits per heavy atom. The van der Waals surface area contributed by atoms with E-state index in [1.54, 1.807) is 24.4 Å². The van der Waals surface area contributed by atoms with Gasteiger partial charge >= 0.3 is 12.4 Å². The normalized spacial score (nSPS) is 17.5. The standard InChI is InChI=1S/C22H15ClF3N3O3/c23-17-3-1-2-16-13(8-11-27-18(16)17)12-28-20(31)29(19(30)21(28)9-10-21)14-4-6-15(7-5-14)32-22(24,25)26/h1-8,11H,9-10,12H2. The number of carbonyl (C=O) groups is 2. The number of imide groups is 1. The lowest BCUT2D eigenvalue weighted by Gasteiger charge is -2.22. The molecule has 0 radical (unpaired) electrons. The molecule has 2 aromatic carbocycles. The predicted molar refractivity (Wildman–Crippen MR) is 110 cm³/mol. The van der Waals surface area contributed by atoms with E-state index in [4.69, 9.17) is 11.6 Å². The summed E-state index contributed by atoms with van der Waals surface area (Å²) in [7, 11) is 0. The second kappa shape index (κ2) is 7.09. The summed E-state index contributed by atoms with van der Waals surface area (Å²) in [6, 6.07) is 11.3. The Kier molecular flexibility index (Phi) is 4.56. The van der Waals surface area contributed by atoms with E-state index in [2.05, 4.69) is 9.72 Å². The van der Waals surface area contributed by atoms with Crippen molar-refractivity contribution in [3.05, 3.63) is 65.3 Å². The van der Waals surface area contributed by atoms with Crippen molar-refractivity contribution < 1.29 is 27.5 Å². The molecule has 1 saturated carbocycles. The fourth-order valence-electron chi connectivity index (χ4n) is 4.07. The molecule has 32 heavy (non-hydrogen) atoms. The number of hydrogen-bond donors (Lipinski definition) is 0. The number of pyridine rings is 1. The highest BCUT2D eigenvalue weighted by Crippen LogP contribution is 2.50. The molecule has 0 atom stereocenters. The molecule has 2 aliphatic rings. The minimum atomic E-state index is -4.83. The van der Waals surface area contributed by atoms with Crippen LogP contribution in [0.4, 0.5) is 23.7 Å². The van der Waals surface area contributed by atoms with Gasteiger partial charge in [-0.3, -0.25) is 9.78 Å². The zero-order valence-corrected chi connectivity index (χ0v) is 17.2. The average Bonchev–Trinajstić information content (AvgIpc) is 3.51. The number of fused-ring (bicyclic) bond motifs is 1. The maximum absolute atomic E-state index is 13.3. The maximum Gasteiger partial charge on any atom is 0.573 e. The number of urea groups is 1. The fraction of sp³-hybridized carbons (Fsp3) is 0.227. The minimum Gasteiger partial charge on any atom is -0.406 e. The van der Waals surface area contributed by atoms with E-state index in [0.29, 0.717) is 23.4 Å². The molecule has 164 valence electrons. The van der Waals surface area contributed by atoms with Crippen LogP contribution in [0.2, 0.25) is 5.02 Å². The first-order chi connectivity index (χ1) is 15.2. The van der Waals surface area contributed by atoms with Crippen LogP contribution >= 0.6 is 11.6 Å². The molecule has 1 aliphatic heterocycles. The summed E-state index contributed by atoms with van der Waals surface area (Å²) in [5.41, 5.74) is 0.644. The quantitative estimate of drug-likeness (QED) is 0.495. The van der Waals surface area contributed by atoms with Gasteiger partial charge in [0.1, 0.15) is 11.3 Å². The van der Waals surface area contributed by atoms with Crippen molar-refractivity contribution in [2.75, 3.05) is 4.90 Å². The Balaban J connectivity index is 1.46. The van der Waals surface area contributed by atoms with Crippen LogP contribution in [0.5, 0.6) is 5.75 Å². The van der Waals surface area contributed by atoms with E-state index in [0.717, 1.165) is 28.0 Å². The van der Waals surface area contributed by atoms with Gasteiger partial charge in [-0.05, 0) is 54.8 Å². The van der Waals surface area contributed by atoms with Gasteiger partial charge in [-0.25, -0.2) is 9.69 Å². The van der Waals surface area contributed by atoms with Gasteiger partial charge < -0.3 is 9.64 Å². The molecule has 1 saturated heterocycles. The number of ether oxygens (including phenoxy) is 1. The SMILES string of the molecule is O=C1N(c2ccc(OC(F)(F)F)cc2)C(=O)C2(CC2)N1Cc1ccnc2c(Cl)cccc12. The lowest BCUT2D eigenvalue weighted by Crippen LogP contribution is -2.36. The van der Waals surface area contributed by atoms with Crippen LogP contribution in [0, 0.1) is 0 Å². The van der Waals surface area contributed by atoms with E-state index in [9.17, 15) is 22.8 Å². The van der Waals surface area contributed by atoms with Gasteiger partial charge in [0.2, 0.25) is 0 Å². The summed E-state index contributed by atoms with van der Waals surface area (Å²) in [4.78, 5) is 33.2. The smallest absolute Gasteiger partial charge is 0.406 e. The monoisotopic (exact) mass is 461 g/mol. The zero-order chi connectivity index (χ0) is 22.7. The number of halogens is 4. The number of benzene rings is 2. The van der Waals surface area contributed by atoms with Crippen molar-refractivity contribution in [3.8, 4) is 5.75 Å². The number of nitrogens with zero attached hydrogens (tertiary/aromatic N) is 3. The molecule has 0 bridgehead atoms. The molecule has 0 unspecified atom stereocenters. The summed E-state index contributed by atoms with van der Waals surface area (Å²) in [5.74, 6) is -0.818. The van der Waals surface area contributed by atoms with Crippen LogP contribution in [-0.2, 0) is 11.3 Å². The van der Waals surface area contributed by atoms with Crippen molar-refractivity contribution in [1.82, 2.24) is 9.88 Å². The number of amides is 3. The zero-order valence-electron chi connectivity index (χ0n) is 16.4. The van der Waals surface area contributed by atoms with E-state index in [-0.39, 0.29) is 18.1 Å². The molecule has 3 amide bonds. The molecule has 3 aromatic rings. The van der Waals surface area contributed by atoms with Crippen LogP contribution in [0.3, 0.4) is 0 Å². The van der Waals surface area contributed by atoms with Crippen LogP contribution in [0.15, 0.2) is 54.7 Å². The van der Waals surface area contributed by atoms with Gasteiger partial charge in [-0.1, -0.05) is 23.7 Å². The number of rotatable bonds is 4. The van der Waals surface area contributed by atoms with Crippen molar-refractivity contribution >= 4 is 40.1 Å². The van der Waals surface area contributed by atoms with Gasteiger partial charge in [-0.15, -0.1) is 13.2 Å². The minimum absolute atomic E-state index is 0.176. The van der Waals surface area contributed by atoms with E-state index < -0.39 is 23.7 Å². The first-order valence-corrected chi connectivity index (χ1v) is 10.1. The summed E-state index contributed by atoms with van der Waals surface area (Å²) < 4.78 is 41.1. The first-order valence-electron chi connectivity index (χ1n) is 9.74. The molecule has 1 aliphatic carbocycles. The number of anilines is 1. The number of hydrogen-bond acceptors (Lipinski definition) is 4. The van der Waals surface area contributed by atoms with Crippen molar-refractivity contribution in [2.45, 2.75) is 31.3 Å². The van der Waals surface area contributed by atoms with Crippen LogP contribution in [-0.4, -0.2) is 33.7 Å². The molecular formula is C22H15ClF3N3O3. The molecule has 6 nitrogen and oxygen atoms in total. The Labute approximate surface area is 185 Å². The Hall–Kier alpha value is -3.33. The van der Waals surface area contributed by atoms with Crippen molar-refractivity contribution in [3.63, 3.8) is 0 Å². The Morgan fingerprint density at radius 3 is 2.44 bits per heavy atom. The van der Waals surface area contributed by atoms with Gasteiger partial charge in [0.15, 0.2) is 0 Å². The molecule has 1 aromatic heterocycles. The molecule has 10 heteroatoms. The number of aromatic nitrogens is 1. The Morgan fingerprint density at radius 2 is 1.78 bits per heavy atom. The highest BCUT2D eigenvalue weighted by atomic mass is 35.5. The second-order valence-electron chi connectivity index (χ2n) is 7.69. The van der Waals surface area contributed by atoms with Crippen LogP contribution in [0.25, 0.3) is 10.9 Å². The topological polar surface area (TPSA) is 62.7 Å². The summed E-state index contributed by atoms with van der Waals surface area (Å²) >= 11 is 6.24. The van der Waals surface area contributed by atoms with Gasteiger partial charge in [0.05, 0.1) is 16.2 Å². The number of carbonyl (C=O) groups excluding carboxylic acids is 2. The molecule has 2 heterocycles. The van der Waals surface area contributed by atoms with Crippen LogP contribution in [0.1, 0.15) is 18.4 Å². The van der Waals surface area contributed by atoms with Crippen molar-refractivity contribution in [2.24, 2.45) is 0 Å². The molecule has 5 rings (SSSR count). The largest absolute Gasteiger partial charge is 0.573 e. The summed E-state index contributed by atoms with van der Waals surface area (Å²) in [6.07, 6.45) is -2.19. The predicted octanol–water partition coefficient (Wildman–Crippen LogP) is 5.29. The average molecular weight is 462 g/mol. The summed E-state index contributed by atoms with van der Waals surface area (Å²) in [5, 5.41) is 1.26. The third-order valence-corrected chi connectivity index (χ3v) is 6.04. The Bertz CT molecular complexity index is 1240. The van der Waals surface area contributed by atoms with E-state index in [1.165, 1.54) is 17.0 Å². The van der Waals surface area contributed by atoms with E-state index in [1.807, 2.05) is 6.07 Å². The van der Waals surface area contributed by atoms with Crippen LogP contribution < -0.4 is 9.64 Å².